The maximum Gasteiger partial charge on any atom is 0.307 e. The van der Waals surface area contributed by atoms with Gasteiger partial charge in [0.05, 0.1) is 19.3 Å². The predicted octanol–water partition coefficient (Wildman–Crippen LogP) is 6.69. The van der Waals surface area contributed by atoms with Crippen LogP contribution in [-0.2, 0) is 24.1 Å². The van der Waals surface area contributed by atoms with Crippen molar-refractivity contribution in [2.45, 2.75) is 39.0 Å². The van der Waals surface area contributed by atoms with Crippen LogP contribution in [0.25, 0.3) is 22.1 Å². The number of aliphatic carboxylic acids is 1. The van der Waals surface area contributed by atoms with Crippen LogP contribution in [0.15, 0.2) is 77.4 Å². The van der Waals surface area contributed by atoms with Gasteiger partial charge in [0, 0.05) is 10.9 Å². The average Bonchev–Trinajstić information content (AvgIpc) is 3.24. The molecule has 0 radical (unpaired) electrons. The number of carbonyl (C=O) groups is 1. The molecule has 32 heavy (non-hydrogen) atoms. The Morgan fingerprint density at radius 1 is 0.969 bits per heavy atom. The average molecular weight is 429 g/mol. The van der Waals surface area contributed by atoms with E-state index in [-0.39, 0.29) is 6.42 Å². The summed E-state index contributed by atoms with van der Waals surface area (Å²) in [4.78, 5) is 10.8. The second-order valence-corrected chi connectivity index (χ2v) is 8.01. The van der Waals surface area contributed by atoms with Crippen molar-refractivity contribution in [3.63, 3.8) is 0 Å². The van der Waals surface area contributed by atoms with Gasteiger partial charge in [-0.2, -0.15) is 0 Å². The summed E-state index contributed by atoms with van der Waals surface area (Å²) in [6.07, 6.45) is 5.77. The zero-order valence-corrected chi connectivity index (χ0v) is 18.3. The third-order valence-corrected chi connectivity index (χ3v) is 5.66. The monoisotopic (exact) mass is 428 g/mol. The molecule has 4 nitrogen and oxygen atoms in total. The summed E-state index contributed by atoms with van der Waals surface area (Å²) in [6, 6.07) is 22.0. The molecule has 0 bridgehead atoms. The largest absolute Gasteiger partial charge is 0.494 e. The van der Waals surface area contributed by atoms with E-state index in [0.717, 1.165) is 48.1 Å². The van der Waals surface area contributed by atoms with E-state index in [1.54, 1.807) is 12.1 Å². The predicted molar refractivity (Wildman–Crippen MR) is 127 cm³/mol. The van der Waals surface area contributed by atoms with Gasteiger partial charge in [0.1, 0.15) is 11.3 Å². The highest BCUT2D eigenvalue weighted by Gasteiger charge is 2.14. The number of fused-ring (bicyclic) bond motifs is 1. The van der Waals surface area contributed by atoms with Crippen molar-refractivity contribution < 1.29 is 19.1 Å². The molecule has 0 unspecified atom stereocenters. The van der Waals surface area contributed by atoms with Crippen LogP contribution in [0.2, 0.25) is 0 Å². The van der Waals surface area contributed by atoms with E-state index in [1.165, 1.54) is 22.1 Å². The van der Waals surface area contributed by atoms with Gasteiger partial charge in [0.15, 0.2) is 0 Å². The molecule has 0 aliphatic carbocycles. The smallest absolute Gasteiger partial charge is 0.307 e. The summed E-state index contributed by atoms with van der Waals surface area (Å²) in [7, 11) is 0. The van der Waals surface area contributed by atoms with Crippen molar-refractivity contribution in [2.75, 3.05) is 6.61 Å². The number of benzene rings is 3. The lowest BCUT2D eigenvalue weighted by molar-refractivity contribution is -0.136. The van der Waals surface area contributed by atoms with Crippen molar-refractivity contribution in [1.29, 1.82) is 0 Å². The van der Waals surface area contributed by atoms with Crippen LogP contribution in [0, 0.1) is 0 Å². The molecule has 4 aromatic rings. The first-order chi connectivity index (χ1) is 15.7. The number of ether oxygens (including phenoxy) is 1. The van der Waals surface area contributed by atoms with Crippen molar-refractivity contribution in [3.8, 4) is 16.9 Å². The van der Waals surface area contributed by atoms with Crippen molar-refractivity contribution in [3.05, 3.63) is 89.7 Å². The molecule has 4 heteroatoms. The second-order valence-electron chi connectivity index (χ2n) is 8.01. The van der Waals surface area contributed by atoms with E-state index in [0.29, 0.717) is 6.61 Å². The maximum absolute atomic E-state index is 10.8. The fourth-order valence-corrected chi connectivity index (χ4v) is 4.13. The van der Waals surface area contributed by atoms with Gasteiger partial charge in [-0.25, -0.2) is 0 Å². The van der Waals surface area contributed by atoms with Gasteiger partial charge in [0.2, 0.25) is 0 Å². The van der Waals surface area contributed by atoms with Gasteiger partial charge in [-0.1, -0.05) is 67.9 Å². The summed E-state index contributed by atoms with van der Waals surface area (Å²) in [5.41, 5.74) is 6.69. The lowest BCUT2D eigenvalue weighted by atomic mass is 9.95. The van der Waals surface area contributed by atoms with Crippen LogP contribution in [0.1, 0.15) is 36.5 Å². The third kappa shape index (κ3) is 5.02. The lowest BCUT2D eigenvalue weighted by Crippen LogP contribution is -2.03. The molecule has 0 amide bonds. The molecule has 1 aromatic heterocycles. The topological polar surface area (TPSA) is 59.7 Å². The third-order valence-electron chi connectivity index (χ3n) is 5.66. The maximum atomic E-state index is 10.8. The van der Waals surface area contributed by atoms with Gasteiger partial charge >= 0.3 is 5.97 Å². The molecule has 0 atom stereocenters. The van der Waals surface area contributed by atoms with Crippen LogP contribution >= 0.6 is 0 Å². The normalized spacial score (nSPS) is 11.0. The van der Waals surface area contributed by atoms with E-state index >= 15 is 0 Å². The summed E-state index contributed by atoms with van der Waals surface area (Å²) >= 11 is 0. The molecule has 3 aromatic carbocycles. The minimum atomic E-state index is -0.828. The van der Waals surface area contributed by atoms with Gasteiger partial charge in [-0.05, 0) is 53.6 Å². The van der Waals surface area contributed by atoms with E-state index in [1.807, 2.05) is 24.5 Å². The fourth-order valence-electron chi connectivity index (χ4n) is 4.13. The van der Waals surface area contributed by atoms with Crippen LogP contribution in [-0.4, -0.2) is 17.7 Å². The molecule has 0 spiro atoms. The van der Waals surface area contributed by atoms with Gasteiger partial charge in [0.25, 0.3) is 0 Å². The van der Waals surface area contributed by atoms with Crippen molar-refractivity contribution in [2.24, 2.45) is 0 Å². The van der Waals surface area contributed by atoms with E-state index in [4.69, 9.17) is 14.3 Å². The Labute approximate surface area is 188 Å². The van der Waals surface area contributed by atoms with Crippen molar-refractivity contribution >= 4 is 16.9 Å². The minimum absolute atomic E-state index is 0.0295. The Bertz CT molecular complexity index is 1170. The van der Waals surface area contributed by atoms with Crippen LogP contribution in [0.3, 0.4) is 0 Å². The highest BCUT2D eigenvalue weighted by molar-refractivity contribution is 5.96. The van der Waals surface area contributed by atoms with Gasteiger partial charge in [-0.15, -0.1) is 0 Å². The first kappa shape index (κ1) is 21.7. The number of carboxylic acids is 1. The fraction of sp³-hybridized carbons (Fsp3) is 0.250. The Morgan fingerprint density at radius 3 is 2.47 bits per heavy atom. The Kier molecular flexibility index (Phi) is 6.90. The van der Waals surface area contributed by atoms with Crippen LogP contribution < -0.4 is 4.74 Å². The van der Waals surface area contributed by atoms with E-state index < -0.39 is 5.97 Å². The highest BCUT2D eigenvalue weighted by atomic mass is 16.5. The molecule has 4 rings (SSSR count). The summed E-state index contributed by atoms with van der Waals surface area (Å²) in [6.45, 7) is 2.80. The molecular weight excluding hydrogens is 400 g/mol. The number of furan rings is 1. The SMILES string of the molecule is CCCc1c(CCCOc2ccc(CC(=O)O)cc2)ccc2c(-c3ccccc3)coc12. The van der Waals surface area contributed by atoms with E-state index in [2.05, 4.69) is 43.3 Å². The Hall–Kier alpha value is -3.53. The molecule has 0 saturated heterocycles. The number of hydrogen-bond donors (Lipinski definition) is 1. The number of rotatable bonds is 10. The molecular formula is C28H28O4. The summed E-state index contributed by atoms with van der Waals surface area (Å²) < 4.78 is 11.9. The number of carboxylic acid groups (broad SMARTS) is 1. The molecule has 1 heterocycles. The molecule has 0 fully saturated rings. The number of hydrogen-bond acceptors (Lipinski definition) is 3. The zero-order chi connectivity index (χ0) is 22.3. The first-order valence-electron chi connectivity index (χ1n) is 11.2. The summed E-state index contributed by atoms with van der Waals surface area (Å²) in [5.74, 6) is -0.0622. The molecule has 1 N–H and O–H groups in total. The quantitative estimate of drug-likeness (QED) is 0.286. The molecule has 164 valence electrons. The molecule has 0 aliphatic rings. The van der Waals surface area contributed by atoms with Gasteiger partial charge in [-0.3, -0.25) is 4.79 Å². The highest BCUT2D eigenvalue weighted by Crippen LogP contribution is 2.34. The molecule has 0 saturated carbocycles. The number of aryl methyl sites for hydroxylation is 2. The van der Waals surface area contributed by atoms with Gasteiger partial charge < -0.3 is 14.3 Å². The van der Waals surface area contributed by atoms with Crippen LogP contribution in [0.5, 0.6) is 5.75 Å². The zero-order valence-electron chi connectivity index (χ0n) is 18.3. The Morgan fingerprint density at radius 2 is 1.75 bits per heavy atom. The molecule has 0 aliphatic heterocycles. The van der Waals surface area contributed by atoms with Crippen molar-refractivity contribution in [1.82, 2.24) is 0 Å². The second kappa shape index (κ2) is 10.2. The minimum Gasteiger partial charge on any atom is -0.494 e. The lowest BCUT2D eigenvalue weighted by Gasteiger charge is -2.11. The Balaban J connectivity index is 1.43. The van der Waals surface area contributed by atoms with E-state index in [9.17, 15) is 4.79 Å². The standard InChI is InChI=1S/C28H28O4/c1-2-7-24-22(10-6-17-31-23-14-11-20(12-15-23)18-27(29)30)13-16-25-26(19-32-28(24)25)21-8-4-3-5-9-21/h3-5,8-9,11-16,19H,2,6-7,10,17-18H2,1H3,(H,29,30). The first-order valence-corrected chi connectivity index (χ1v) is 11.2. The van der Waals surface area contributed by atoms with Crippen LogP contribution in [0.4, 0.5) is 0 Å². The summed E-state index contributed by atoms with van der Waals surface area (Å²) in [5, 5.41) is 10.0.